The molecular weight excluding hydrogens is 480 g/mol. The number of benzene rings is 1. The highest BCUT2D eigenvalue weighted by atomic mass is 35.5. The number of unbranched alkanes of at least 4 members (excludes halogenated alkanes) is 1. The van der Waals surface area contributed by atoms with Gasteiger partial charge < -0.3 is 14.8 Å². The zero-order valence-corrected chi connectivity index (χ0v) is 19.0. The van der Waals surface area contributed by atoms with Crippen LogP contribution in [-0.2, 0) is 14.8 Å². The van der Waals surface area contributed by atoms with Gasteiger partial charge in [-0.25, -0.2) is 13.6 Å². The van der Waals surface area contributed by atoms with E-state index in [1.165, 1.54) is 24.3 Å². The van der Waals surface area contributed by atoms with Crippen molar-refractivity contribution in [3.63, 3.8) is 0 Å². The topological polar surface area (TPSA) is 90.6 Å². The molecule has 1 unspecified atom stereocenters. The fraction of sp³-hybridized carbons (Fsp3) is 0.474. The number of ether oxygens (including phenoxy) is 2. The van der Waals surface area contributed by atoms with Gasteiger partial charge in [-0.15, -0.1) is 0 Å². The van der Waals surface area contributed by atoms with Crippen molar-refractivity contribution >= 4 is 33.2 Å². The first-order valence-corrected chi connectivity index (χ1v) is 11.7. The number of hydrogen-bond acceptors (Lipinski definition) is 5. The molecule has 1 aliphatic rings. The summed E-state index contributed by atoms with van der Waals surface area (Å²) in [4.78, 5) is 0. The maximum atomic E-state index is 12.4. The van der Waals surface area contributed by atoms with Gasteiger partial charge in [-0.1, -0.05) is 36.5 Å². The van der Waals surface area contributed by atoms with Crippen molar-refractivity contribution in [3.05, 3.63) is 51.3 Å². The van der Waals surface area contributed by atoms with Crippen molar-refractivity contribution in [2.75, 3.05) is 19.8 Å². The second kappa shape index (κ2) is 10.9. The van der Waals surface area contributed by atoms with Crippen LogP contribution in [0.5, 0.6) is 5.75 Å². The largest absolute Gasteiger partial charge is 0.458 e. The van der Waals surface area contributed by atoms with Gasteiger partial charge in [-0.3, -0.25) is 0 Å². The van der Waals surface area contributed by atoms with E-state index in [-0.39, 0.29) is 23.0 Å². The Balaban J connectivity index is 2.40. The van der Waals surface area contributed by atoms with Crippen LogP contribution in [0.2, 0.25) is 10.0 Å². The van der Waals surface area contributed by atoms with Crippen molar-refractivity contribution in [2.24, 2.45) is 5.14 Å². The quantitative estimate of drug-likeness (QED) is 0.458. The fourth-order valence-electron chi connectivity index (χ4n) is 2.83. The molecular formula is C19H23Cl2F3N2O4S. The number of nitrogens with one attached hydrogen (secondary N) is 1. The number of alkyl halides is 3. The number of primary sulfonamides is 1. The van der Waals surface area contributed by atoms with Gasteiger partial charge in [0.1, 0.15) is 23.4 Å². The Morgan fingerprint density at radius 3 is 2.55 bits per heavy atom. The number of hydrogen-bond donors (Lipinski definition) is 2. The Morgan fingerprint density at radius 2 is 1.97 bits per heavy atom. The van der Waals surface area contributed by atoms with Crippen LogP contribution in [0, 0.1) is 0 Å². The van der Waals surface area contributed by atoms with Crippen LogP contribution in [0.3, 0.4) is 0 Å². The highest BCUT2D eigenvalue weighted by Crippen LogP contribution is 2.33. The second-order valence-electron chi connectivity index (χ2n) is 6.93. The number of rotatable bonds is 10. The predicted octanol–water partition coefficient (Wildman–Crippen LogP) is 4.54. The van der Waals surface area contributed by atoms with Gasteiger partial charge in [0.15, 0.2) is 0 Å². The fourth-order valence-corrected chi connectivity index (χ4v) is 4.04. The summed E-state index contributed by atoms with van der Waals surface area (Å²) in [5, 5.41) is 7.68. The first kappa shape index (κ1) is 25.8. The predicted molar refractivity (Wildman–Crippen MR) is 113 cm³/mol. The Labute approximate surface area is 189 Å². The van der Waals surface area contributed by atoms with Crippen molar-refractivity contribution < 1.29 is 31.1 Å². The summed E-state index contributed by atoms with van der Waals surface area (Å²) >= 11 is 11.9. The molecule has 0 aliphatic heterocycles. The van der Waals surface area contributed by atoms with Gasteiger partial charge in [0.05, 0.1) is 22.3 Å². The lowest BCUT2D eigenvalue weighted by Gasteiger charge is -2.27. The van der Waals surface area contributed by atoms with Crippen LogP contribution in [-0.4, -0.2) is 39.6 Å². The monoisotopic (exact) mass is 502 g/mol. The zero-order chi connectivity index (χ0) is 23.2. The van der Waals surface area contributed by atoms with Gasteiger partial charge in [-0.2, -0.15) is 13.2 Å². The van der Waals surface area contributed by atoms with Gasteiger partial charge >= 0.3 is 6.18 Å². The zero-order valence-electron chi connectivity index (χ0n) is 16.6. The molecule has 1 aromatic carbocycles. The average molecular weight is 503 g/mol. The molecule has 3 N–H and O–H groups in total. The van der Waals surface area contributed by atoms with E-state index in [1.54, 1.807) is 0 Å². The van der Waals surface area contributed by atoms with Crippen molar-refractivity contribution in [1.82, 2.24) is 5.32 Å². The van der Waals surface area contributed by atoms with Gasteiger partial charge in [0.25, 0.3) is 0 Å². The molecule has 0 saturated carbocycles. The smallest absolute Gasteiger partial charge is 0.411 e. The number of halogens is 5. The molecule has 174 valence electrons. The Bertz CT molecular complexity index is 950. The van der Waals surface area contributed by atoms with Gasteiger partial charge in [-0.05, 0) is 36.6 Å². The van der Waals surface area contributed by atoms with Crippen LogP contribution < -0.4 is 15.2 Å². The van der Waals surface area contributed by atoms with Crippen LogP contribution >= 0.6 is 23.2 Å². The maximum absolute atomic E-state index is 12.4. The highest BCUT2D eigenvalue weighted by Gasteiger charge is 2.35. The van der Waals surface area contributed by atoms with E-state index in [4.69, 9.17) is 37.8 Å². The Hall–Kier alpha value is -1.46. The lowest BCUT2D eigenvalue weighted by Crippen LogP contribution is -2.37. The number of allylic oxidation sites excluding steroid dienone is 1. The summed E-state index contributed by atoms with van der Waals surface area (Å²) in [5.74, 6) is 0.259. The summed E-state index contributed by atoms with van der Waals surface area (Å²) < 4.78 is 72.3. The van der Waals surface area contributed by atoms with E-state index in [0.717, 1.165) is 12.8 Å². The van der Waals surface area contributed by atoms with E-state index in [1.807, 2.05) is 6.92 Å². The molecule has 12 heteroatoms. The van der Waals surface area contributed by atoms with Crippen molar-refractivity contribution in [3.8, 4) is 5.75 Å². The Kier molecular flexibility index (Phi) is 9.08. The van der Waals surface area contributed by atoms with E-state index in [2.05, 4.69) is 5.32 Å². The molecule has 0 spiro atoms. The third-order valence-electron chi connectivity index (χ3n) is 4.27. The average Bonchev–Trinajstić information content (AvgIpc) is 2.64. The highest BCUT2D eigenvalue weighted by molar-refractivity contribution is 7.90. The normalized spacial score (nSPS) is 17.5. The molecule has 0 fully saturated rings. The maximum Gasteiger partial charge on any atom is 0.411 e. The Morgan fingerprint density at radius 1 is 1.26 bits per heavy atom. The number of sulfonamides is 1. The number of nitrogens with two attached hydrogens (primary N) is 1. The van der Waals surface area contributed by atoms with Crippen LogP contribution in [0.25, 0.3) is 0 Å². The molecule has 1 aromatic rings. The minimum Gasteiger partial charge on any atom is -0.458 e. The summed E-state index contributed by atoms with van der Waals surface area (Å²) in [6.45, 7) is 0.623. The molecule has 31 heavy (non-hydrogen) atoms. The summed E-state index contributed by atoms with van der Waals surface area (Å²) in [6, 6.07) is 4.42. The van der Waals surface area contributed by atoms with E-state index in [9.17, 15) is 21.6 Å². The van der Waals surface area contributed by atoms with E-state index < -0.39 is 34.7 Å². The minimum absolute atomic E-state index is 0.0246. The molecule has 1 aliphatic carbocycles. The van der Waals surface area contributed by atoms with Gasteiger partial charge in [0, 0.05) is 12.6 Å². The van der Waals surface area contributed by atoms with Crippen molar-refractivity contribution in [1.29, 1.82) is 0 Å². The first-order valence-electron chi connectivity index (χ1n) is 9.37. The molecule has 1 atom stereocenters. The molecule has 0 amide bonds. The lowest BCUT2D eigenvalue weighted by atomic mass is 10.0. The summed E-state index contributed by atoms with van der Waals surface area (Å²) in [6.07, 6.45) is -1.49. The third-order valence-corrected chi connectivity index (χ3v) is 6.18. The van der Waals surface area contributed by atoms with Crippen LogP contribution in [0.15, 0.2) is 41.3 Å². The van der Waals surface area contributed by atoms with Crippen molar-refractivity contribution in [2.45, 2.75) is 37.6 Å². The minimum atomic E-state index is -4.49. The third kappa shape index (κ3) is 8.19. The lowest BCUT2D eigenvalue weighted by molar-refractivity contribution is -0.171. The standard InChI is InChI=1S/C19H23Cl2F3N2O4S/c1-2-3-6-26-16-7-12(10-29-11-19(22,23)24)8-17(31(25,27)28)18(16)30-13-4-5-14(20)15(21)9-13/h4-5,7,9,17,26H,2-3,6,8,10-11H2,1H3,(H2,25,27,28). The molecule has 0 aromatic heterocycles. The van der Waals surface area contributed by atoms with E-state index in [0.29, 0.717) is 22.8 Å². The molecule has 0 saturated heterocycles. The SMILES string of the molecule is CCCCNC1=C(Oc2ccc(Cl)c(Cl)c2)C(S(N)(=O)=O)CC(COCC(F)(F)F)=C1. The molecule has 6 nitrogen and oxygen atoms in total. The van der Waals surface area contributed by atoms with Crippen LogP contribution in [0.1, 0.15) is 26.2 Å². The van der Waals surface area contributed by atoms with E-state index >= 15 is 0 Å². The summed E-state index contributed by atoms with van der Waals surface area (Å²) in [5.41, 5.74) is 0.638. The molecule has 2 rings (SSSR count). The van der Waals surface area contributed by atoms with Gasteiger partial charge in [0.2, 0.25) is 10.0 Å². The van der Waals surface area contributed by atoms with Crippen LogP contribution in [0.4, 0.5) is 13.2 Å². The second-order valence-corrected chi connectivity index (χ2v) is 9.49. The first-order chi connectivity index (χ1) is 14.4. The summed E-state index contributed by atoms with van der Waals surface area (Å²) in [7, 11) is -4.16. The molecule has 0 bridgehead atoms. The molecule has 0 radical (unpaired) electrons. The molecule has 0 heterocycles.